The van der Waals surface area contributed by atoms with Crippen molar-refractivity contribution in [2.24, 2.45) is 0 Å². The third kappa shape index (κ3) is 4.47. The Morgan fingerprint density at radius 1 is 1.32 bits per heavy atom. The molecule has 0 aliphatic carbocycles. The summed E-state index contributed by atoms with van der Waals surface area (Å²) in [6.45, 7) is 1.56. The molecule has 2 aromatic carbocycles. The van der Waals surface area contributed by atoms with Gasteiger partial charge in [-0.3, -0.25) is 4.79 Å². The zero-order valence-electron chi connectivity index (χ0n) is 11.9. The number of halogens is 2. The summed E-state index contributed by atoms with van der Waals surface area (Å²) >= 11 is 9.19. The number of aliphatic hydroxyl groups is 1. The Hall–Kier alpha value is -1.56. The molecule has 0 spiro atoms. The lowest BCUT2D eigenvalue weighted by atomic mass is 10.2. The maximum absolute atomic E-state index is 11.9. The number of carbonyl (C=O) groups excluding carboxylic acids is 1. The Bertz CT molecular complexity index is 691. The van der Waals surface area contributed by atoms with Gasteiger partial charge >= 0.3 is 0 Å². The second kappa shape index (κ2) is 7.63. The maximum Gasteiger partial charge on any atom is 0.262 e. The third-order valence-corrected chi connectivity index (χ3v) is 3.74. The molecular formula is C16H15BrClNO3. The molecule has 0 fully saturated rings. The van der Waals surface area contributed by atoms with E-state index >= 15 is 0 Å². The normalized spacial score (nSPS) is 10.4. The third-order valence-electron chi connectivity index (χ3n) is 3.01. The molecule has 22 heavy (non-hydrogen) atoms. The molecule has 0 saturated heterocycles. The summed E-state index contributed by atoms with van der Waals surface area (Å²) in [5.41, 5.74) is 2.18. The van der Waals surface area contributed by atoms with Crippen molar-refractivity contribution in [1.29, 1.82) is 0 Å². The summed E-state index contributed by atoms with van der Waals surface area (Å²) in [7, 11) is 0. The quantitative estimate of drug-likeness (QED) is 0.821. The van der Waals surface area contributed by atoms with E-state index in [9.17, 15) is 9.90 Å². The van der Waals surface area contributed by atoms with Crippen LogP contribution in [0.4, 0.5) is 5.69 Å². The smallest absolute Gasteiger partial charge is 0.262 e. The van der Waals surface area contributed by atoms with Gasteiger partial charge in [-0.15, -0.1) is 0 Å². The van der Waals surface area contributed by atoms with Crippen LogP contribution in [-0.4, -0.2) is 17.6 Å². The predicted molar refractivity (Wildman–Crippen MR) is 90.4 cm³/mol. The number of benzene rings is 2. The Kier molecular flexibility index (Phi) is 5.83. The molecule has 0 bridgehead atoms. The van der Waals surface area contributed by atoms with E-state index in [0.717, 1.165) is 10.0 Å². The topological polar surface area (TPSA) is 58.6 Å². The average molecular weight is 385 g/mol. The monoisotopic (exact) mass is 383 g/mol. The minimum atomic E-state index is -0.280. The number of aryl methyl sites for hydroxylation is 1. The first-order valence-electron chi connectivity index (χ1n) is 6.57. The summed E-state index contributed by atoms with van der Waals surface area (Å²) in [4.78, 5) is 11.9. The van der Waals surface area contributed by atoms with Gasteiger partial charge in [-0.05, 0) is 48.9 Å². The van der Waals surface area contributed by atoms with Gasteiger partial charge in [0.25, 0.3) is 5.91 Å². The minimum absolute atomic E-state index is 0.142. The molecule has 0 unspecified atom stereocenters. The maximum atomic E-state index is 11.9. The number of rotatable bonds is 5. The number of aliphatic hydroxyl groups excluding tert-OH is 1. The molecule has 2 rings (SSSR count). The fourth-order valence-electron chi connectivity index (χ4n) is 1.91. The fraction of sp³-hybridized carbons (Fsp3) is 0.188. The van der Waals surface area contributed by atoms with E-state index in [1.54, 1.807) is 36.4 Å². The van der Waals surface area contributed by atoms with Gasteiger partial charge in [-0.25, -0.2) is 0 Å². The molecule has 4 nitrogen and oxygen atoms in total. The first-order valence-corrected chi connectivity index (χ1v) is 7.75. The molecule has 2 aromatic rings. The van der Waals surface area contributed by atoms with E-state index in [0.29, 0.717) is 22.0 Å². The number of amides is 1. The van der Waals surface area contributed by atoms with E-state index in [4.69, 9.17) is 16.3 Å². The number of hydrogen-bond acceptors (Lipinski definition) is 3. The molecule has 0 saturated carbocycles. The SMILES string of the molecule is Cc1cc(Cl)ccc1NC(=O)COc1ccc(Br)cc1CO. The lowest BCUT2D eigenvalue weighted by Crippen LogP contribution is -2.21. The van der Waals surface area contributed by atoms with Crippen molar-refractivity contribution in [3.05, 3.63) is 57.0 Å². The van der Waals surface area contributed by atoms with Crippen molar-refractivity contribution in [2.75, 3.05) is 11.9 Å². The van der Waals surface area contributed by atoms with Crippen LogP contribution in [0.1, 0.15) is 11.1 Å². The van der Waals surface area contributed by atoms with Crippen LogP contribution in [-0.2, 0) is 11.4 Å². The highest BCUT2D eigenvalue weighted by molar-refractivity contribution is 9.10. The number of anilines is 1. The number of carbonyl (C=O) groups is 1. The van der Waals surface area contributed by atoms with Crippen molar-refractivity contribution in [3.8, 4) is 5.75 Å². The standard InChI is InChI=1S/C16H15BrClNO3/c1-10-6-13(18)3-4-14(10)19-16(21)9-22-15-5-2-12(17)7-11(15)8-20/h2-7,20H,8-9H2,1H3,(H,19,21). The molecular weight excluding hydrogens is 370 g/mol. The molecule has 0 aliphatic heterocycles. The second-order valence-electron chi connectivity index (χ2n) is 4.71. The highest BCUT2D eigenvalue weighted by atomic mass is 79.9. The molecule has 0 aromatic heterocycles. The van der Waals surface area contributed by atoms with Gasteiger partial charge in [0.1, 0.15) is 5.75 Å². The van der Waals surface area contributed by atoms with Crippen molar-refractivity contribution in [3.63, 3.8) is 0 Å². The highest BCUT2D eigenvalue weighted by Crippen LogP contribution is 2.23. The van der Waals surface area contributed by atoms with Crippen LogP contribution in [0.25, 0.3) is 0 Å². The van der Waals surface area contributed by atoms with Crippen LogP contribution < -0.4 is 10.1 Å². The van der Waals surface area contributed by atoms with Crippen molar-refractivity contribution >= 4 is 39.1 Å². The van der Waals surface area contributed by atoms with Gasteiger partial charge in [0.05, 0.1) is 6.61 Å². The second-order valence-corrected chi connectivity index (χ2v) is 6.06. The molecule has 0 atom stereocenters. The Morgan fingerprint density at radius 2 is 2.09 bits per heavy atom. The van der Waals surface area contributed by atoms with Gasteiger partial charge in [0, 0.05) is 20.7 Å². The van der Waals surface area contributed by atoms with Crippen LogP contribution >= 0.6 is 27.5 Å². The predicted octanol–water partition coefficient (Wildman–Crippen LogP) is 3.92. The van der Waals surface area contributed by atoms with E-state index in [2.05, 4.69) is 21.2 Å². The lowest BCUT2D eigenvalue weighted by molar-refractivity contribution is -0.118. The van der Waals surface area contributed by atoms with Crippen molar-refractivity contribution in [2.45, 2.75) is 13.5 Å². The van der Waals surface area contributed by atoms with Gasteiger partial charge in [-0.1, -0.05) is 27.5 Å². The van der Waals surface area contributed by atoms with Crippen LogP contribution in [0.3, 0.4) is 0 Å². The van der Waals surface area contributed by atoms with Crippen LogP contribution in [0.15, 0.2) is 40.9 Å². The summed E-state index contributed by atoms with van der Waals surface area (Å²) in [6.07, 6.45) is 0. The van der Waals surface area contributed by atoms with Gasteiger partial charge in [0.2, 0.25) is 0 Å². The number of nitrogens with one attached hydrogen (secondary N) is 1. The zero-order valence-corrected chi connectivity index (χ0v) is 14.2. The molecule has 6 heteroatoms. The van der Waals surface area contributed by atoms with Crippen LogP contribution in [0.2, 0.25) is 5.02 Å². The van der Waals surface area contributed by atoms with Gasteiger partial charge in [0.15, 0.2) is 6.61 Å². The van der Waals surface area contributed by atoms with E-state index in [1.807, 2.05) is 6.92 Å². The first-order chi connectivity index (χ1) is 10.5. The Balaban J connectivity index is 1.98. The zero-order chi connectivity index (χ0) is 16.1. The van der Waals surface area contributed by atoms with Crippen LogP contribution in [0, 0.1) is 6.92 Å². The molecule has 2 N–H and O–H groups in total. The highest BCUT2D eigenvalue weighted by Gasteiger charge is 2.09. The number of hydrogen-bond donors (Lipinski definition) is 2. The van der Waals surface area contributed by atoms with Crippen molar-refractivity contribution < 1.29 is 14.6 Å². The molecule has 0 heterocycles. The minimum Gasteiger partial charge on any atom is -0.483 e. The van der Waals surface area contributed by atoms with E-state index in [1.165, 1.54) is 0 Å². The summed E-state index contributed by atoms with van der Waals surface area (Å²) in [6, 6.07) is 10.5. The molecule has 0 radical (unpaired) electrons. The first kappa shape index (κ1) is 16.8. The molecule has 1 amide bonds. The Labute approximate surface area is 142 Å². The summed E-state index contributed by atoms with van der Waals surface area (Å²) in [5.74, 6) is 0.200. The fourth-order valence-corrected chi connectivity index (χ4v) is 2.54. The number of ether oxygens (including phenoxy) is 1. The lowest BCUT2D eigenvalue weighted by Gasteiger charge is -2.12. The average Bonchev–Trinajstić information content (AvgIpc) is 2.48. The van der Waals surface area contributed by atoms with Gasteiger partial charge in [-0.2, -0.15) is 0 Å². The van der Waals surface area contributed by atoms with Crippen molar-refractivity contribution in [1.82, 2.24) is 0 Å². The van der Waals surface area contributed by atoms with E-state index < -0.39 is 0 Å². The van der Waals surface area contributed by atoms with Crippen LogP contribution in [0.5, 0.6) is 5.75 Å². The summed E-state index contributed by atoms with van der Waals surface area (Å²) < 4.78 is 6.30. The Morgan fingerprint density at radius 3 is 2.77 bits per heavy atom. The van der Waals surface area contributed by atoms with E-state index in [-0.39, 0.29) is 19.1 Å². The van der Waals surface area contributed by atoms with Gasteiger partial charge < -0.3 is 15.2 Å². The molecule has 0 aliphatic rings. The summed E-state index contributed by atoms with van der Waals surface area (Å²) in [5, 5.41) is 12.7. The largest absolute Gasteiger partial charge is 0.483 e. The molecule has 116 valence electrons.